The molecule has 0 aliphatic heterocycles. The van der Waals surface area contributed by atoms with Gasteiger partial charge in [0.05, 0.1) is 5.69 Å². The first-order valence-electron chi connectivity index (χ1n) is 6.00. The van der Waals surface area contributed by atoms with Crippen LogP contribution in [0.1, 0.15) is 5.56 Å². The van der Waals surface area contributed by atoms with E-state index < -0.39 is 35.0 Å². The first-order chi connectivity index (χ1) is 10.4. The molecular weight excluding hydrogens is 368 g/mol. The lowest BCUT2D eigenvalue weighted by molar-refractivity contribution is 0.251. The zero-order valence-electron chi connectivity index (χ0n) is 10.9. The van der Waals surface area contributed by atoms with Crippen molar-refractivity contribution in [2.75, 3.05) is 5.32 Å². The highest BCUT2D eigenvalue weighted by atomic mass is 79.9. The van der Waals surface area contributed by atoms with Gasteiger partial charge in [-0.3, -0.25) is 0 Å². The van der Waals surface area contributed by atoms with Crippen LogP contribution in [0.4, 0.5) is 28.0 Å². The van der Waals surface area contributed by atoms with Crippen LogP contribution in [-0.2, 0) is 6.54 Å². The molecule has 0 fully saturated rings. The van der Waals surface area contributed by atoms with E-state index in [-0.39, 0.29) is 12.1 Å². The predicted molar refractivity (Wildman–Crippen MR) is 76.3 cm³/mol. The molecule has 0 aliphatic rings. The number of hydrogen-bond acceptors (Lipinski definition) is 1. The summed E-state index contributed by atoms with van der Waals surface area (Å²) in [6.45, 7) is -0.164. The van der Waals surface area contributed by atoms with Crippen molar-refractivity contribution < 1.29 is 22.4 Å². The van der Waals surface area contributed by atoms with Crippen LogP contribution in [0.5, 0.6) is 0 Å². The zero-order chi connectivity index (χ0) is 16.3. The fourth-order valence-electron chi connectivity index (χ4n) is 1.64. The third-order valence-corrected chi connectivity index (χ3v) is 3.22. The van der Waals surface area contributed by atoms with Gasteiger partial charge in [-0.1, -0.05) is 15.9 Å². The van der Waals surface area contributed by atoms with Gasteiger partial charge in [-0.25, -0.2) is 22.4 Å². The first-order valence-corrected chi connectivity index (χ1v) is 6.80. The summed E-state index contributed by atoms with van der Waals surface area (Å²) in [4.78, 5) is 11.6. The van der Waals surface area contributed by atoms with Crippen LogP contribution in [0.3, 0.4) is 0 Å². The maximum Gasteiger partial charge on any atom is 0.319 e. The molecule has 0 radical (unpaired) electrons. The summed E-state index contributed by atoms with van der Waals surface area (Å²) >= 11 is 3.16. The van der Waals surface area contributed by atoms with E-state index in [1.165, 1.54) is 18.2 Å². The molecule has 0 heterocycles. The van der Waals surface area contributed by atoms with Gasteiger partial charge in [-0.05, 0) is 30.3 Å². The van der Waals surface area contributed by atoms with Gasteiger partial charge in [0.1, 0.15) is 5.82 Å². The van der Waals surface area contributed by atoms with Gasteiger partial charge in [0, 0.05) is 16.6 Å². The number of amides is 2. The SMILES string of the molecule is O=C(NCc1cc(Br)ccc1F)Nc1ccc(F)c(F)c1F. The summed E-state index contributed by atoms with van der Waals surface area (Å²) in [5.41, 5.74) is -0.318. The molecule has 0 bridgehead atoms. The van der Waals surface area contributed by atoms with Gasteiger partial charge >= 0.3 is 6.03 Å². The molecular formula is C14H9BrF4N2O. The van der Waals surface area contributed by atoms with Crippen LogP contribution < -0.4 is 10.6 Å². The molecule has 8 heteroatoms. The minimum Gasteiger partial charge on any atom is -0.334 e. The quantitative estimate of drug-likeness (QED) is 0.607. The number of benzene rings is 2. The number of anilines is 1. The van der Waals surface area contributed by atoms with Crippen molar-refractivity contribution in [2.45, 2.75) is 6.54 Å². The number of urea groups is 1. The molecule has 0 saturated heterocycles. The minimum atomic E-state index is -1.68. The molecule has 0 aliphatic carbocycles. The van der Waals surface area contributed by atoms with Crippen molar-refractivity contribution in [3.05, 3.63) is 63.6 Å². The smallest absolute Gasteiger partial charge is 0.319 e. The van der Waals surface area contributed by atoms with Crippen molar-refractivity contribution >= 4 is 27.6 Å². The lowest BCUT2D eigenvalue weighted by Crippen LogP contribution is -2.29. The monoisotopic (exact) mass is 376 g/mol. The molecule has 2 aromatic carbocycles. The Hall–Kier alpha value is -2.09. The Balaban J connectivity index is 2.02. The third kappa shape index (κ3) is 3.76. The Morgan fingerprint density at radius 2 is 1.68 bits per heavy atom. The fraction of sp³-hybridized carbons (Fsp3) is 0.0714. The van der Waals surface area contributed by atoms with Crippen molar-refractivity contribution in [1.82, 2.24) is 5.32 Å². The second-order valence-corrected chi connectivity index (χ2v) is 5.18. The summed E-state index contributed by atoms with van der Waals surface area (Å²) < 4.78 is 53.2. The second kappa shape index (κ2) is 6.78. The number of hydrogen-bond donors (Lipinski definition) is 2. The van der Waals surface area contributed by atoms with E-state index in [1.807, 2.05) is 5.32 Å². The molecule has 116 valence electrons. The van der Waals surface area contributed by atoms with Crippen LogP contribution in [0, 0.1) is 23.3 Å². The van der Waals surface area contributed by atoms with Crippen LogP contribution in [-0.4, -0.2) is 6.03 Å². The van der Waals surface area contributed by atoms with E-state index in [0.29, 0.717) is 10.5 Å². The summed E-state index contributed by atoms with van der Waals surface area (Å²) in [6.07, 6.45) is 0. The summed E-state index contributed by atoms with van der Waals surface area (Å²) in [7, 11) is 0. The number of rotatable bonds is 3. The van der Waals surface area contributed by atoms with E-state index in [9.17, 15) is 22.4 Å². The van der Waals surface area contributed by atoms with Crippen molar-refractivity contribution in [2.24, 2.45) is 0 Å². The lowest BCUT2D eigenvalue weighted by atomic mass is 10.2. The van der Waals surface area contributed by atoms with Crippen LogP contribution in [0.15, 0.2) is 34.8 Å². The van der Waals surface area contributed by atoms with Crippen molar-refractivity contribution in [3.63, 3.8) is 0 Å². The predicted octanol–water partition coefficient (Wildman–Crippen LogP) is 4.33. The number of halogens is 5. The van der Waals surface area contributed by atoms with Gasteiger partial charge in [0.25, 0.3) is 0 Å². The largest absolute Gasteiger partial charge is 0.334 e. The Morgan fingerprint density at radius 3 is 2.41 bits per heavy atom. The molecule has 0 atom stereocenters. The van der Waals surface area contributed by atoms with Gasteiger partial charge in [-0.15, -0.1) is 0 Å². The van der Waals surface area contributed by atoms with Gasteiger partial charge in [-0.2, -0.15) is 0 Å². The van der Waals surface area contributed by atoms with Gasteiger partial charge < -0.3 is 10.6 Å². The van der Waals surface area contributed by atoms with E-state index >= 15 is 0 Å². The van der Waals surface area contributed by atoms with Crippen LogP contribution in [0.25, 0.3) is 0 Å². The standard InChI is InChI=1S/C14H9BrF4N2O/c15-8-1-2-9(16)7(5-8)6-20-14(22)21-11-4-3-10(17)12(18)13(11)19/h1-5H,6H2,(H2,20,21,22). The molecule has 2 amide bonds. The maximum atomic E-state index is 13.5. The van der Waals surface area contributed by atoms with E-state index in [0.717, 1.165) is 6.07 Å². The molecule has 0 spiro atoms. The van der Waals surface area contributed by atoms with Crippen LogP contribution >= 0.6 is 15.9 Å². The Kier molecular flexibility index (Phi) is 5.02. The molecule has 0 saturated carbocycles. The van der Waals surface area contributed by atoms with Crippen LogP contribution in [0.2, 0.25) is 0 Å². The highest BCUT2D eigenvalue weighted by Crippen LogP contribution is 2.19. The molecule has 2 aromatic rings. The van der Waals surface area contributed by atoms with E-state index in [1.54, 1.807) is 0 Å². The summed E-state index contributed by atoms with van der Waals surface area (Å²) in [6, 6.07) is 4.86. The minimum absolute atomic E-state index is 0.164. The number of nitrogens with one attached hydrogen (secondary N) is 2. The second-order valence-electron chi connectivity index (χ2n) is 4.27. The van der Waals surface area contributed by atoms with E-state index in [2.05, 4.69) is 21.2 Å². The Morgan fingerprint density at radius 1 is 1.00 bits per heavy atom. The fourth-order valence-corrected chi connectivity index (χ4v) is 2.05. The highest BCUT2D eigenvalue weighted by Gasteiger charge is 2.15. The topological polar surface area (TPSA) is 41.1 Å². The van der Waals surface area contributed by atoms with Crippen molar-refractivity contribution in [3.8, 4) is 0 Å². The molecule has 3 nitrogen and oxygen atoms in total. The normalized spacial score (nSPS) is 10.4. The summed E-state index contributed by atoms with van der Waals surface area (Å²) in [5.74, 6) is -5.08. The average Bonchev–Trinajstić information content (AvgIpc) is 2.49. The zero-order valence-corrected chi connectivity index (χ0v) is 12.5. The number of carbonyl (C=O) groups is 1. The first kappa shape index (κ1) is 16.3. The number of carbonyl (C=O) groups excluding carboxylic acids is 1. The molecule has 0 aromatic heterocycles. The van der Waals surface area contributed by atoms with Crippen molar-refractivity contribution in [1.29, 1.82) is 0 Å². The van der Waals surface area contributed by atoms with E-state index in [4.69, 9.17) is 0 Å². The molecule has 2 rings (SSSR count). The van der Waals surface area contributed by atoms with Gasteiger partial charge in [0.15, 0.2) is 17.5 Å². The Labute approximate surface area is 131 Å². The molecule has 0 unspecified atom stereocenters. The lowest BCUT2D eigenvalue weighted by Gasteiger charge is -2.10. The summed E-state index contributed by atoms with van der Waals surface area (Å²) in [5, 5.41) is 4.30. The molecule has 22 heavy (non-hydrogen) atoms. The molecule has 2 N–H and O–H groups in total. The third-order valence-electron chi connectivity index (χ3n) is 2.73. The maximum absolute atomic E-state index is 13.5. The average molecular weight is 377 g/mol. The van der Waals surface area contributed by atoms with Gasteiger partial charge in [0.2, 0.25) is 0 Å². The Bertz CT molecular complexity index is 724. The highest BCUT2D eigenvalue weighted by molar-refractivity contribution is 9.10.